The molecule has 1 saturated heterocycles. The van der Waals surface area contributed by atoms with E-state index in [2.05, 4.69) is 55.5 Å². The smallest absolute Gasteiger partial charge is 0.319 e. The van der Waals surface area contributed by atoms with Crippen LogP contribution in [0.3, 0.4) is 0 Å². The normalized spacial score (nSPS) is 14.5. The molecule has 186 valence electrons. The number of urea groups is 1. The Labute approximate surface area is 209 Å². The van der Waals surface area contributed by atoms with Gasteiger partial charge in [-0.3, -0.25) is 4.98 Å². The monoisotopic (exact) mass is 487 g/mol. The van der Waals surface area contributed by atoms with Crippen LogP contribution in [-0.4, -0.2) is 53.3 Å². The Morgan fingerprint density at radius 2 is 1.92 bits per heavy atom. The first-order chi connectivity index (χ1) is 17.7. The molecular weight excluding hydrogens is 457 g/mol. The summed E-state index contributed by atoms with van der Waals surface area (Å²) in [5, 5.41) is 6.80. The maximum Gasteiger partial charge on any atom is 0.319 e. The van der Waals surface area contributed by atoms with E-state index in [1.54, 1.807) is 0 Å². The fourth-order valence-electron chi connectivity index (χ4n) is 4.58. The van der Waals surface area contributed by atoms with Crippen molar-refractivity contribution >= 4 is 22.6 Å². The lowest BCUT2D eigenvalue weighted by Crippen LogP contribution is -2.28. The van der Waals surface area contributed by atoms with Crippen LogP contribution in [0.2, 0.25) is 0 Å². The molecule has 0 unspecified atom stereocenters. The summed E-state index contributed by atoms with van der Waals surface area (Å²) in [4.78, 5) is 18.5. The minimum Gasteiger partial charge on any atom is -0.380 e. The van der Waals surface area contributed by atoms with Gasteiger partial charge in [-0.15, -0.1) is 0 Å². The molecule has 3 heterocycles. The highest BCUT2D eigenvalue weighted by atomic mass is 19.1. The fraction of sp³-hybridized carbons (Fsp3) is 0.286. The molecule has 36 heavy (non-hydrogen) atoms. The van der Waals surface area contributed by atoms with E-state index in [0.29, 0.717) is 11.3 Å². The summed E-state index contributed by atoms with van der Waals surface area (Å²) in [6.07, 6.45) is 6.95. The highest BCUT2D eigenvalue weighted by molar-refractivity contribution is 5.89. The Morgan fingerprint density at radius 3 is 2.78 bits per heavy atom. The standard InChI is InChI=1S/C28H30FN5O2/c29-23-16-21(17-30-19-23)18-31-28(35)32-24-6-8-25(9-7-24)34-20-22(26-4-1-2-5-27(26)34)10-12-33-11-3-14-36-15-13-33/h1-2,4-9,16-17,19-20H,3,10-15,18H2,(H2,31,32,35). The van der Waals surface area contributed by atoms with E-state index < -0.39 is 5.82 Å². The molecular formula is C28H30FN5O2. The summed E-state index contributed by atoms with van der Waals surface area (Å²) in [5.41, 5.74) is 4.78. The Kier molecular flexibility index (Phi) is 7.54. The molecule has 5 rings (SSSR count). The second-order valence-electron chi connectivity index (χ2n) is 8.97. The zero-order valence-electron chi connectivity index (χ0n) is 20.1. The zero-order chi connectivity index (χ0) is 24.7. The molecule has 2 amide bonds. The lowest BCUT2D eigenvalue weighted by molar-refractivity contribution is 0.141. The molecule has 0 atom stereocenters. The lowest BCUT2D eigenvalue weighted by Gasteiger charge is -2.18. The second kappa shape index (κ2) is 11.3. The Morgan fingerprint density at radius 1 is 1.06 bits per heavy atom. The van der Waals surface area contributed by atoms with Crippen LogP contribution in [0.4, 0.5) is 14.9 Å². The Balaban J connectivity index is 1.25. The van der Waals surface area contributed by atoms with Crippen LogP contribution in [0, 0.1) is 5.82 Å². The number of pyridine rings is 1. The summed E-state index contributed by atoms with van der Waals surface area (Å²) in [6.45, 7) is 4.94. The summed E-state index contributed by atoms with van der Waals surface area (Å²) >= 11 is 0. The fourth-order valence-corrected chi connectivity index (χ4v) is 4.58. The third-order valence-corrected chi connectivity index (χ3v) is 6.42. The van der Waals surface area contributed by atoms with Crippen molar-refractivity contribution < 1.29 is 13.9 Å². The van der Waals surface area contributed by atoms with Gasteiger partial charge in [0.1, 0.15) is 5.82 Å². The molecule has 7 nitrogen and oxygen atoms in total. The number of hydrogen-bond acceptors (Lipinski definition) is 4. The van der Waals surface area contributed by atoms with Crippen molar-refractivity contribution in [2.75, 3.05) is 38.2 Å². The van der Waals surface area contributed by atoms with Crippen LogP contribution in [0.15, 0.2) is 73.2 Å². The summed E-state index contributed by atoms with van der Waals surface area (Å²) < 4.78 is 21.1. The van der Waals surface area contributed by atoms with Gasteiger partial charge in [0, 0.05) is 61.9 Å². The number of halogens is 1. The van der Waals surface area contributed by atoms with E-state index in [1.807, 2.05) is 24.3 Å². The Hall–Kier alpha value is -3.75. The molecule has 0 spiro atoms. The zero-order valence-corrected chi connectivity index (χ0v) is 20.1. The van der Waals surface area contributed by atoms with Crippen LogP contribution in [0.25, 0.3) is 16.6 Å². The minimum atomic E-state index is -0.428. The first-order valence-corrected chi connectivity index (χ1v) is 12.3. The molecule has 2 aromatic heterocycles. The number of nitrogens with one attached hydrogen (secondary N) is 2. The molecule has 0 bridgehead atoms. The van der Waals surface area contributed by atoms with Gasteiger partial charge in [-0.25, -0.2) is 9.18 Å². The summed E-state index contributed by atoms with van der Waals surface area (Å²) in [7, 11) is 0. The highest BCUT2D eigenvalue weighted by Crippen LogP contribution is 2.26. The van der Waals surface area contributed by atoms with Crippen LogP contribution < -0.4 is 10.6 Å². The largest absolute Gasteiger partial charge is 0.380 e. The number of ether oxygens (including phenoxy) is 1. The molecule has 8 heteroatoms. The van der Waals surface area contributed by atoms with Crippen LogP contribution >= 0.6 is 0 Å². The molecule has 4 aromatic rings. The number of carbonyl (C=O) groups excluding carboxylic acids is 1. The molecule has 0 saturated carbocycles. The molecule has 1 aliphatic rings. The SMILES string of the molecule is O=C(NCc1cncc(F)c1)Nc1ccc(-n2cc(CCN3CCCOCC3)c3ccccc32)cc1. The number of para-hydroxylation sites is 1. The molecule has 2 N–H and O–H groups in total. The first kappa shape index (κ1) is 24.0. The number of fused-ring (bicyclic) bond motifs is 1. The van der Waals surface area contributed by atoms with Crippen molar-refractivity contribution in [2.45, 2.75) is 19.4 Å². The third-order valence-electron chi connectivity index (χ3n) is 6.42. The van der Waals surface area contributed by atoms with Crippen LogP contribution in [-0.2, 0) is 17.7 Å². The average molecular weight is 488 g/mol. The van der Waals surface area contributed by atoms with Crippen molar-refractivity contribution in [3.63, 3.8) is 0 Å². The second-order valence-corrected chi connectivity index (χ2v) is 8.97. The molecule has 0 radical (unpaired) electrons. The van der Waals surface area contributed by atoms with E-state index in [4.69, 9.17) is 4.74 Å². The highest BCUT2D eigenvalue weighted by Gasteiger charge is 2.13. The van der Waals surface area contributed by atoms with Gasteiger partial charge in [0.25, 0.3) is 0 Å². The number of hydrogen-bond donors (Lipinski definition) is 2. The number of anilines is 1. The molecule has 0 aliphatic carbocycles. The number of amides is 2. The van der Waals surface area contributed by atoms with E-state index in [9.17, 15) is 9.18 Å². The van der Waals surface area contributed by atoms with E-state index in [0.717, 1.165) is 63.1 Å². The van der Waals surface area contributed by atoms with Gasteiger partial charge < -0.3 is 24.8 Å². The van der Waals surface area contributed by atoms with Crippen LogP contribution in [0.5, 0.6) is 0 Å². The van der Waals surface area contributed by atoms with Gasteiger partial charge in [0.2, 0.25) is 0 Å². The topological polar surface area (TPSA) is 71.4 Å². The van der Waals surface area contributed by atoms with Gasteiger partial charge in [-0.2, -0.15) is 0 Å². The van der Waals surface area contributed by atoms with E-state index in [1.165, 1.54) is 23.2 Å². The first-order valence-electron chi connectivity index (χ1n) is 12.3. The number of rotatable bonds is 7. The van der Waals surface area contributed by atoms with E-state index >= 15 is 0 Å². The predicted octanol–water partition coefficient (Wildman–Crippen LogP) is 4.75. The number of nitrogens with zero attached hydrogens (tertiary/aromatic N) is 3. The minimum absolute atomic E-state index is 0.192. The third kappa shape index (κ3) is 5.90. The van der Waals surface area contributed by atoms with Crippen LogP contribution in [0.1, 0.15) is 17.5 Å². The number of aromatic nitrogens is 2. The predicted molar refractivity (Wildman–Crippen MR) is 139 cm³/mol. The quantitative estimate of drug-likeness (QED) is 0.395. The number of carbonyl (C=O) groups is 1. The summed E-state index contributed by atoms with van der Waals surface area (Å²) in [5.74, 6) is -0.428. The molecule has 1 aliphatic heterocycles. The molecule has 1 fully saturated rings. The van der Waals surface area contributed by atoms with Crippen molar-refractivity contribution in [3.8, 4) is 5.69 Å². The lowest BCUT2D eigenvalue weighted by atomic mass is 10.1. The Bertz CT molecular complexity index is 1310. The summed E-state index contributed by atoms with van der Waals surface area (Å²) in [6, 6.07) is 17.2. The average Bonchev–Trinajstić information content (AvgIpc) is 3.06. The van der Waals surface area contributed by atoms with Gasteiger partial charge >= 0.3 is 6.03 Å². The van der Waals surface area contributed by atoms with Crippen molar-refractivity contribution in [1.82, 2.24) is 19.8 Å². The number of benzene rings is 2. The van der Waals surface area contributed by atoms with Gasteiger partial charge in [-0.05, 0) is 60.4 Å². The van der Waals surface area contributed by atoms with Crippen molar-refractivity contribution in [1.29, 1.82) is 0 Å². The van der Waals surface area contributed by atoms with Gasteiger partial charge in [-0.1, -0.05) is 18.2 Å². The maximum absolute atomic E-state index is 13.3. The van der Waals surface area contributed by atoms with Crippen molar-refractivity contribution in [3.05, 3.63) is 90.1 Å². The molecule has 2 aromatic carbocycles. The van der Waals surface area contributed by atoms with Gasteiger partial charge in [0.05, 0.1) is 18.3 Å². The maximum atomic E-state index is 13.3. The van der Waals surface area contributed by atoms with Crippen molar-refractivity contribution in [2.24, 2.45) is 0 Å². The van der Waals surface area contributed by atoms with Gasteiger partial charge in [0.15, 0.2) is 0 Å². The van der Waals surface area contributed by atoms with E-state index in [-0.39, 0.29) is 12.6 Å².